The molecule has 3 heterocycles. The van der Waals surface area contributed by atoms with Crippen LogP contribution in [-0.4, -0.2) is 86.0 Å². The highest BCUT2D eigenvalue weighted by Gasteiger charge is 2.50. The molecule has 0 bridgehead atoms. The maximum absolute atomic E-state index is 12.4. The molecule has 7 atom stereocenters. The van der Waals surface area contributed by atoms with Gasteiger partial charge in [0.25, 0.3) is 5.91 Å². The van der Waals surface area contributed by atoms with Gasteiger partial charge in [0.1, 0.15) is 24.4 Å². The van der Waals surface area contributed by atoms with Gasteiger partial charge in [0.15, 0.2) is 12.4 Å². The molecule has 4 N–H and O–H groups in total. The Labute approximate surface area is 148 Å². The van der Waals surface area contributed by atoms with E-state index in [1.165, 1.54) is 4.90 Å². The molecule has 142 valence electrons. The number of carbonyl (C=O) groups is 2. The number of ether oxygens (including phenoxy) is 2. The number of hydrogen-bond donors (Lipinski definition) is 4. The highest BCUT2D eigenvalue weighted by Crippen LogP contribution is 2.34. The van der Waals surface area contributed by atoms with E-state index in [0.29, 0.717) is 0 Å². The summed E-state index contributed by atoms with van der Waals surface area (Å²) in [4.78, 5) is 29.1. The molecule has 0 aliphatic carbocycles. The summed E-state index contributed by atoms with van der Waals surface area (Å²) >= 11 is 0. The van der Waals surface area contributed by atoms with Gasteiger partial charge in [-0.25, -0.2) is 4.79 Å². The lowest BCUT2D eigenvalue weighted by atomic mass is 9.99. The van der Waals surface area contributed by atoms with Crippen molar-refractivity contribution in [2.75, 3.05) is 7.05 Å². The van der Waals surface area contributed by atoms with Crippen LogP contribution in [0.25, 0.3) is 0 Å². The lowest BCUT2D eigenvalue weighted by molar-refractivity contribution is -0.301. The topological polar surface area (TPSA) is 150 Å². The van der Waals surface area contributed by atoms with Gasteiger partial charge in [-0.05, 0) is 11.6 Å². The van der Waals surface area contributed by atoms with Gasteiger partial charge in [-0.2, -0.15) is 0 Å². The zero-order chi connectivity index (χ0) is 19.0. The third-order valence-electron chi connectivity index (χ3n) is 4.71. The molecule has 1 amide bonds. The van der Waals surface area contributed by atoms with Gasteiger partial charge in [0.05, 0.1) is 6.04 Å². The van der Waals surface area contributed by atoms with E-state index < -0.39 is 42.8 Å². The number of aliphatic carboxylic acids is 1. The number of carboxylic acids is 1. The highest BCUT2D eigenvalue weighted by atomic mass is 16.7. The summed E-state index contributed by atoms with van der Waals surface area (Å²) in [6, 6.07) is 3.26. The number of aromatic nitrogens is 1. The van der Waals surface area contributed by atoms with E-state index in [9.17, 15) is 24.9 Å². The van der Waals surface area contributed by atoms with Crippen molar-refractivity contribution in [3.63, 3.8) is 0 Å². The van der Waals surface area contributed by atoms with Crippen molar-refractivity contribution in [1.82, 2.24) is 9.88 Å². The lowest BCUT2D eigenvalue weighted by Gasteiger charge is -2.39. The molecule has 1 aromatic heterocycles. The molecule has 2 saturated heterocycles. The van der Waals surface area contributed by atoms with E-state index in [1.54, 1.807) is 25.5 Å². The number of nitrogens with zero attached hydrogens (tertiary/aromatic N) is 2. The van der Waals surface area contributed by atoms with Gasteiger partial charge in [0.2, 0.25) is 0 Å². The zero-order valence-electron chi connectivity index (χ0n) is 13.9. The number of aliphatic hydroxyl groups is 3. The normalized spacial score (nSPS) is 37.8. The molecule has 0 unspecified atom stereocenters. The van der Waals surface area contributed by atoms with Crippen LogP contribution >= 0.6 is 0 Å². The first kappa shape index (κ1) is 18.7. The number of amides is 1. The molecule has 2 fully saturated rings. The van der Waals surface area contributed by atoms with Crippen LogP contribution < -0.4 is 0 Å². The first-order chi connectivity index (χ1) is 12.3. The number of carboxylic acid groups (broad SMARTS) is 1. The van der Waals surface area contributed by atoms with Crippen LogP contribution in [0.4, 0.5) is 0 Å². The minimum Gasteiger partial charge on any atom is -0.479 e. The molecule has 0 aromatic carbocycles. The van der Waals surface area contributed by atoms with E-state index in [1.807, 2.05) is 6.07 Å². The second kappa shape index (κ2) is 7.25. The van der Waals surface area contributed by atoms with Crippen molar-refractivity contribution in [2.45, 2.75) is 49.3 Å². The van der Waals surface area contributed by atoms with Crippen LogP contribution in [0.2, 0.25) is 0 Å². The Bertz CT molecular complexity index is 671. The second-order valence-corrected chi connectivity index (χ2v) is 6.35. The van der Waals surface area contributed by atoms with Crippen LogP contribution in [0.1, 0.15) is 18.0 Å². The number of likely N-dealkylation sites (N-methyl/N-ethyl adjacent to an activating group) is 1. The van der Waals surface area contributed by atoms with Crippen molar-refractivity contribution in [3.05, 3.63) is 30.1 Å². The van der Waals surface area contributed by atoms with E-state index in [2.05, 4.69) is 4.98 Å². The number of aliphatic hydroxyl groups excluding tert-OH is 3. The number of rotatable bonds is 4. The fraction of sp³-hybridized carbons (Fsp3) is 0.562. The van der Waals surface area contributed by atoms with Crippen molar-refractivity contribution < 1.29 is 39.5 Å². The average molecular weight is 368 g/mol. The van der Waals surface area contributed by atoms with Crippen LogP contribution in [0.15, 0.2) is 24.5 Å². The summed E-state index contributed by atoms with van der Waals surface area (Å²) < 4.78 is 10.5. The zero-order valence-corrected chi connectivity index (χ0v) is 13.9. The third-order valence-corrected chi connectivity index (χ3v) is 4.71. The standard InChI is InChI=1S/C16H20N2O8/c1-18-8(7-3-2-4-17-6-7)5-9(14(18)22)25-16-12(21)10(19)11(20)13(26-16)15(23)24/h2-4,6,8-13,16,19-21H,5H2,1H3,(H,23,24)/t8-,9+,10-,11-,12+,13-,16-/m0/s1. The largest absolute Gasteiger partial charge is 0.479 e. The number of carbonyl (C=O) groups excluding carboxylic acids is 1. The Morgan fingerprint density at radius 1 is 1.31 bits per heavy atom. The maximum Gasteiger partial charge on any atom is 0.335 e. The Hall–Kier alpha value is -2.11. The molecule has 2 aliphatic rings. The van der Waals surface area contributed by atoms with Gasteiger partial charge in [-0.3, -0.25) is 9.78 Å². The summed E-state index contributed by atoms with van der Waals surface area (Å²) in [5, 5.41) is 38.6. The maximum atomic E-state index is 12.4. The number of likely N-dealkylation sites (tertiary alicyclic amines) is 1. The van der Waals surface area contributed by atoms with Gasteiger partial charge in [-0.15, -0.1) is 0 Å². The van der Waals surface area contributed by atoms with E-state index in [0.717, 1.165) is 5.56 Å². The van der Waals surface area contributed by atoms with Crippen molar-refractivity contribution in [1.29, 1.82) is 0 Å². The van der Waals surface area contributed by atoms with Gasteiger partial charge in [-0.1, -0.05) is 6.07 Å². The van der Waals surface area contributed by atoms with Crippen LogP contribution in [-0.2, 0) is 19.1 Å². The molecule has 26 heavy (non-hydrogen) atoms. The summed E-state index contributed by atoms with van der Waals surface area (Å²) in [6.07, 6.45) is -6.15. The molecule has 10 nitrogen and oxygen atoms in total. The molecule has 0 saturated carbocycles. The van der Waals surface area contributed by atoms with Crippen LogP contribution in [0.5, 0.6) is 0 Å². The van der Waals surface area contributed by atoms with Gasteiger partial charge in [0, 0.05) is 25.9 Å². The van der Waals surface area contributed by atoms with E-state index in [-0.39, 0.29) is 18.4 Å². The smallest absolute Gasteiger partial charge is 0.335 e. The molecule has 0 spiro atoms. The predicted molar refractivity (Wildman–Crippen MR) is 83.6 cm³/mol. The molecular formula is C16H20N2O8. The Kier molecular flexibility index (Phi) is 5.21. The van der Waals surface area contributed by atoms with Crippen molar-refractivity contribution >= 4 is 11.9 Å². The predicted octanol–water partition coefficient (Wildman–Crippen LogP) is -1.74. The highest BCUT2D eigenvalue weighted by molar-refractivity contribution is 5.83. The van der Waals surface area contributed by atoms with Crippen LogP contribution in [0, 0.1) is 0 Å². The Morgan fingerprint density at radius 3 is 2.65 bits per heavy atom. The molecule has 2 aliphatic heterocycles. The minimum absolute atomic E-state index is 0.240. The number of pyridine rings is 1. The first-order valence-electron chi connectivity index (χ1n) is 8.05. The van der Waals surface area contributed by atoms with Crippen molar-refractivity contribution in [2.24, 2.45) is 0 Å². The van der Waals surface area contributed by atoms with Crippen LogP contribution in [0.3, 0.4) is 0 Å². The number of hydrogen-bond acceptors (Lipinski definition) is 8. The Morgan fingerprint density at radius 2 is 2.04 bits per heavy atom. The van der Waals surface area contributed by atoms with E-state index in [4.69, 9.17) is 14.6 Å². The monoisotopic (exact) mass is 368 g/mol. The summed E-state index contributed by atoms with van der Waals surface area (Å²) in [5.41, 5.74) is 0.804. The SMILES string of the molecule is CN1C(=O)[C@H](O[C@H]2O[C@H](C(=O)O)[C@@H](O)[C@H](O)[C@H]2O)C[C@H]1c1cccnc1. The summed E-state index contributed by atoms with van der Waals surface area (Å²) in [5.74, 6) is -1.89. The molecular weight excluding hydrogens is 348 g/mol. The molecule has 10 heteroatoms. The summed E-state index contributed by atoms with van der Waals surface area (Å²) in [6.45, 7) is 0. The van der Waals surface area contributed by atoms with Crippen molar-refractivity contribution in [3.8, 4) is 0 Å². The molecule has 1 aromatic rings. The fourth-order valence-electron chi connectivity index (χ4n) is 3.22. The molecule has 3 rings (SSSR count). The minimum atomic E-state index is -1.81. The van der Waals surface area contributed by atoms with E-state index >= 15 is 0 Å². The first-order valence-corrected chi connectivity index (χ1v) is 8.05. The Balaban J connectivity index is 1.73. The summed E-state index contributed by atoms with van der Waals surface area (Å²) in [7, 11) is 1.60. The third kappa shape index (κ3) is 3.29. The van der Waals surface area contributed by atoms with Gasteiger partial charge >= 0.3 is 5.97 Å². The quantitative estimate of drug-likeness (QED) is 0.486. The average Bonchev–Trinajstić information content (AvgIpc) is 2.91. The van der Waals surface area contributed by atoms with Gasteiger partial charge < -0.3 is 34.8 Å². The second-order valence-electron chi connectivity index (χ2n) is 6.35. The lowest BCUT2D eigenvalue weighted by Crippen LogP contribution is -2.61. The fourth-order valence-corrected chi connectivity index (χ4v) is 3.22. The molecule has 0 radical (unpaired) electrons.